The molecular formula is C22H24N4O6P+. The Morgan fingerprint density at radius 3 is 2.55 bits per heavy atom. The van der Waals surface area contributed by atoms with Crippen LogP contribution in [0.4, 0.5) is 0 Å². The predicted octanol–water partition coefficient (Wildman–Crippen LogP) is 1.96. The number of methoxy groups -OCH3 is 1. The van der Waals surface area contributed by atoms with Crippen molar-refractivity contribution in [2.45, 2.75) is 23.9 Å². The lowest BCUT2D eigenvalue weighted by molar-refractivity contribution is -0.0853. The molecule has 2 aromatic carbocycles. The van der Waals surface area contributed by atoms with Gasteiger partial charge in [0.15, 0.2) is 0 Å². The van der Waals surface area contributed by atoms with E-state index in [4.69, 9.17) is 14.6 Å². The zero-order chi connectivity index (χ0) is 23.4. The molecule has 3 aromatic rings. The van der Waals surface area contributed by atoms with Gasteiger partial charge in [-0.05, 0) is 35.4 Å². The van der Waals surface area contributed by atoms with Crippen LogP contribution < -0.4 is 10.1 Å². The fourth-order valence-corrected chi connectivity index (χ4v) is 4.31. The second-order valence-corrected chi connectivity index (χ2v) is 8.81. The number of aliphatic hydroxyl groups is 1. The van der Waals surface area contributed by atoms with Gasteiger partial charge >= 0.3 is 14.4 Å². The molecule has 4 rings (SSSR count). The third kappa shape index (κ3) is 5.09. The topological polar surface area (TPSA) is 136 Å². The van der Waals surface area contributed by atoms with Crippen LogP contribution in [-0.4, -0.2) is 62.7 Å². The van der Waals surface area contributed by atoms with E-state index in [-0.39, 0.29) is 18.3 Å². The summed E-state index contributed by atoms with van der Waals surface area (Å²) in [6.07, 6.45) is 0.912. The minimum Gasteiger partial charge on any atom is -0.497 e. The molecule has 2 unspecified atom stereocenters. The Balaban J connectivity index is 1.38. The van der Waals surface area contributed by atoms with Crippen LogP contribution in [0.5, 0.6) is 5.75 Å². The van der Waals surface area contributed by atoms with Gasteiger partial charge in [-0.3, -0.25) is 0 Å². The zero-order valence-electron chi connectivity index (χ0n) is 17.8. The van der Waals surface area contributed by atoms with Crippen LogP contribution in [0.2, 0.25) is 0 Å². The van der Waals surface area contributed by atoms with Crippen LogP contribution in [0.3, 0.4) is 0 Å². The molecule has 1 saturated heterocycles. The van der Waals surface area contributed by atoms with Crippen molar-refractivity contribution in [3.05, 3.63) is 71.8 Å². The average molecular weight is 471 g/mol. The van der Waals surface area contributed by atoms with Crippen molar-refractivity contribution in [1.29, 1.82) is 0 Å². The molecule has 4 atom stereocenters. The molecule has 1 aliphatic rings. The third-order valence-corrected chi connectivity index (χ3v) is 6.45. The Morgan fingerprint density at radius 1 is 1.27 bits per heavy atom. The maximum atomic E-state index is 11.9. The molecule has 11 heteroatoms. The van der Waals surface area contributed by atoms with Gasteiger partial charge < -0.3 is 25.0 Å². The van der Waals surface area contributed by atoms with Crippen molar-refractivity contribution in [3.8, 4) is 11.4 Å². The number of benzene rings is 2. The lowest BCUT2D eigenvalue weighted by Gasteiger charge is -2.34. The number of nitrogens with one attached hydrogen (secondary N) is 1. The molecule has 1 aromatic heterocycles. The van der Waals surface area contributed by atoms with E-state index in [1.165, 1.54) is 11.0 Å². The Labute approximate surface area is 191 Å². The van der Waals surface area contributed by atoms with Crippen molar-refractivity contribution in [2.75, 3.05) is 20.3 Å². The number of morpholine rings is 1. The van der Waals surface area contributed by atoms with Gasteiger partial charge in [0.1, 0.15) is 18.2 Å². The quantitative estimate of drug-likeness (QED) is 0.421. The maximum absolute atomic E-state index is 11.9. The molecule has 3 N–H and O–H groups in total. The molecule has 0 spiro atoms. The lowest BCUT2D eigenvalue weighted by atomic mass is 10.00. The van der Waals surface area contributed by atoms with Gasteiger partial charge in [-0.1, -0.05) is 28.8 Å². The summed E-state index contributed by atoms with van der Waals surface area (Å²) in [5.41, 5.74) is 2.47. The van der Waals surface area contributed by atoms with Crippen LogP contribution in [0.1, 0.15) is 27.8 Å². The highest BCUT2D eigenvalue weighted by atomic mass is 31.1. The van der Waals surface area contributed by atoms with Crippen LogP contribution in [-0.2, 0) is 15.7 Å². The van der Waals surface area contributed by atoms with Gasteiger partial charge in [-0.2, -0.15) is 0 Å². The summed E-state index contributed by atoms with van der Waals surface area (Å²) in [4.78, 5) is 14.7. The van der Waals surface area contributed by atoms with Gasteiger partial charge in [0.25, 0.3) is 11.2 Å². The number of carbonyl (C=O) groups is 1. The summed E-state index contributed by atoms with van der Waals surface area (Å²) in [6, 6.07) is 14.5. The van der Waals surface area contributed by atoms with E-state index < -0.39 is 25.9 Å². The number of hydrogen-bond acceptors (Lipinski definition) is 8. The van der Waals surface area contributed by atoms with Crippen LogP contribution in [0.25, 0.3) is 5.69 Å². The molecule has 1 fully saturated rings. The highest BCUT2D eigenvalue weighted by Gasteiger charge is 2.48. The van der Waals surface area contributed by atoms with E-state index in [0.29, 0.717) is 24.6 Å². The second-order valence-electron chi connectivity index (χ2n) is 7.74. The number of aromatic carboxylic acids is 1. The number of nitrogens with zero attached hydrogens (tertiary/aromatic N) is 3. The van der Waals surface area contributed by atoms with Gasteiger partial charge in [-0.15, -0.1) is 5.10 Å². The Bertz CT molecular complexity index is 1110. The van der Waals surface area contributed by atoms with Gasteiger partial charge in [0.2, 0.25) is 0 Å². The summed E-state index contributed by atoms with van der Waals surface area (Å²) in [5, 5.41) is 25.8. The SMILES string of the molecule is COc1ccc(CC(O)([PH+]=O)[C@H]2CN[C@H](c3ccc(-n4cnc(C(=O)O)n4)cc3)CO2)cc1. The van der Waals surface area contributed by atoms with E-state index in [2.05, 4.69) is 15.4 Å². The Kier molecular flexibility index (Phi) is 6.80. The first kappa shape index (κ1) is 23.0. The molecule has 0 bridgehead atoms. The van der Waals surface area contributed by atoms with Crippen LogP contribution in [0, 0.1) is 0 Å². The summed E-state index contributed by atoms with van der Waals surface area (Å²) in [6.45, 7) is 0.630. The van der Waals surface area contributed by atoms with Crippen LogP contribution >= 0.6 is 8.46 Å². The van der Waals surface area contributed by atoms with Crippen molar-refractivity contribution in [3.63, 3.8) is 0 Å². The number of carboxylic acids is 1. The number of ether oxygens (including phenoxy) is 2. The van der Waals surface area contributed by atoms with Gasteiger partial charge in [0, 0.05) is 6.54 Å². The maximum Gasteiger partial charge on any atom is 0.375 e. The van der Waals surface area contributed by atoms with E-state index >= 15 is 0 Å². The normalized spacial score (nSPS) is 20.3. The molecule has 2 heterocycles. The van der Waals surface area contributed by atoms with Gasteiger partial charge in [-0.25, -0.2) is 14.5 Å². The van der Waals surface area contributed by atoms with Crippen molar-refractivity contribution < 1.29 is 29.0 Å². The first-order valence-electron chi connectivity index (χ1n) is 10.3. The summed E-state index contributed by atoms with van der Waals surface area (Å²) >= 11 is 0. The number of aromatic nitrogens is 3. The largest absolute Gasteiger partial charge is 0.497 e. The highest BCUT2D eigenvalue weighted by Crippen LogP contribution is 2.33. The molecule has 33 heavy (non-hydrogen) atoms. The zero-order valence-corrected chi connectivity index (χ0v) is 18.8. The Morgan fingerprint density at radius 2 is 2.00 bits per heavy atom. The average Bonchev–Trinajstić information content (AvgIpc) is 3.35. The molecule has 10 nitrogen and oxygen atoms in total. The van der Waals surface area contributed by atoms with Crippen molar-refractivity contribution >= 4 is 14.4 Å². The van der Waals surface area contributed by atoms with E-state index in [9.17, 15) is 14.5 Å². The smallest absolute Gasteiger partial charge is 0.375 e. The monoisotopic (exact) mass is 471 g/mol. The second kappa shape index (κ2) is 9.76. The standard InChI is InChI=1S/C22H23N4O6P/c1-31-17-8-2-14(3-9-17)10-22(29,33-30)19-11-23-18(12-32-19)15-4-6-16(7-5-15)26-13-24-20(25-26)21(27)28/h2-9,13,18-19,23,29H,10-12H2,1H3,(H,27,28)/p+1/t18-,19+,22?/m0/s1. The number of rotatable bonds is 8. The molecular weight excluding hydrogens is 447 g/mol. The van der Waals surface area contributed by atoms with E-state index in [0.717, 1.165) is 11.1 Å². The van der Waals surface area contributed by atoms with E-state index in [1.54, 1.807) is 19.2 Å². The minimum absolute atomic E-state index is 0.110. The first-order chi connectivity index (χ1) is 15.9. The third-order valence-electron chi connectivity index (χ3n) is 5.60. The Hall–Kier alpha value is -3.17. The minimum atomic E-state index is -1.51. The highest BCUT2D eigenvalue weighted by molar-refractivity contribution is 7.25. The first-order valence-corrected chi connectivity index (χ1v) is 11.2. The number of carboxylic acid groups (broad SMARTS) is 1. The molecule has 0 amide bonds. The predicted molar refractivity (Wildman–Crippen MR) is 119 cm³/mol. The van der Waals surface area contributed by atoms with E-state index in [1.807, 2.05) is 36.4 Å². The summed E-state index contributed by atoms with van der Waals surface area (Å²) in [7, 11) is 0.632. The van der Waals surface area contributed by atoms with Crippen molar-refractivity contribution in [2.24, 2.45) is 0 Å². The van der Waals surface area contributed by atoms with Crippen LogP contribution in [0.15, 0.2) is 54.9 Å². The molecule has 172 valence electrons. The fraction of sp³-hybridized carbons (Fsp3) is 0.318. The fourth-order valence-electron chi connectivity index (χ4n) is 3.72. The lowest BCUT2D eigenvalue weighted by Crippen LogP contribution is -2.52. The molecule has 0 radical (unpaired) electrons. The molecule has 0 saturated carbocycles. The molecule has 1 aliphatic heterocycles. The van der Waals surface area contributed by atoms with Crippen molar-refractivity contribution in [1.82, 2.24) is 20.1 Å². The number of hydrogen-bond donors (Lipinski definition) is 3. The van der Waals surface area contributed by atoms with Gasteiger partial charge in [0.05, 0.1) is 31.9 Å². The summed E-state index contributed by atoms with van der Waals surface area (Å²) in [5.74, 6) is -0.745. The molecule has 0 aliphatic carbocycles. The summed E-state index contributed by atoms with van der Waals surface area (Å²) < 4.78 is 24.4.